The second-order valence-electron chi connectivity index (χ2n) is 9.09. The number of ether oxygens (including phenoxy) is 2. The summed E-state index contributed by atoms with van der Waals surface area (Å²) in [5.41, 5.74) is 2.51. The molecule has 2 heterocycles. The number of nitrogens with zero attached hydrogens (tertiary/aromatic N) is 3. The second kappa shape index (κ2) is 11.7. The zero-order valence-corrected chi connectivity index (χ0v) is 21.2. The van der Waals surface area contributed by atoms with Gasteiger partial charge in [-0.3, -0.25) is 14.5 Å². The Morgan fingerprint density at radius 1 is 1.00 bits per heavy atom. The van der Waals surface area contributed by atoms with Crippen LogP contribution in [0, 0.1) is 11.7 Å². The van der Waals surface area contributed by atoms with E-state index >= 15 is 0 Å². The molecule has 1 amide bonds. The van der Waals surface area contributed by atoms with Crippen LogP contribution in [0.4, 0.5) is 10.1 Å². The number of ketones is 1. The van der Waals surface area contributed by atoms with Crippen molar-refractivity contribution in [2.24, 2.45) is 5.92 Å². The average molecular weight is 496 g/mol. The van der Waals surface area contributed by atoms with Crippen LogP contribution < -0.4 is 9.64 Å². The van der Waals surface area contributed by atoms with Gasteiger partial charge in [0.2, 0.25) is 5.91 Å². The predicted octanol–water partition coefficient (Wildman–Crippen LogP) is 3.67. The lowest BCUT2D eigenvalue weighted by atomic mass is 9.84. The average Bonchev–Trinajstić information content (AvgIpc) is 2.88. The Morgan fingerprint density at radius 2 is 1.67 bits per heavy atom. The monoisotopic (exact) mass is 495 g/mol. The molecule has 8 heteroatoms. The van der Waals surface area contributed by atoms with E-state index in [1.54, 1.807) is 37.1 Å². The highest BCUT2D eigenvalue weighted by Gasteiger charge is 2.44. The molecule has 7 nitrogen and oxygen atoms in total. The predicted molar refractivity (Wildman–Crippen MR) is 136 cm³/mol. The zero-order valence-electron chi connectivity index (χ0n) is 21.2. The van der Waals surface area contributed by atoms with Gasteiger partial charge in [-0.2, -0.15) is 0 Å². The van der Waals surface area contributed by atoms with Gasteiger partial charge in [-0.05, 0) is 55.8 Å². The van der Waals surface area contributed by atoms with Crippen LogP contribution in [0.2, 0.25) is 0 Å². The van der Waals surface area contributed by atoms with E-state index in [2.05, 4.69) is 9.80 Å². The van der Waals surface area contributed by atoms with Crippen molar-refractivity contribution in [1.82, 2.24) is 9.80 Å². The summed E-state index contributed by atoms with van der Waals surface area (Å²) in [6.07, 6.45) is 1.58. The van der Waals surface area contributed by atoms with Crippen molar-refractivity contribution in [1.29, 1.82) is 0 Å². The molecular weight excluding hydrogens is 461 g/mol. The van der Waals surface area contributed by atoms with Crippen molar-refractivity contribution < 1.29 is 23.5 Å². The number of rotatable bonds is 9. The summed E-state index contributed by atoms with van der Waals surface area (Å²) in [5.74, 6) is -0.729. The Balaban J connectivity index is 1.62. The lowest BCUT2D eigenvalue weighted by Crippen LogP contribution is -2.54. The Bertz CT molecular complexity index is 1080. The molecule has 2 aliphatic heterocycles. The maximum absolute atomic E-state index is 13.7. The van der Waals surface area contributed by atoms with E-state index in [4.69, 9.17) is 9.47 Å². The number of carbonyl (C=O) groups excluding carboxylic acids is 2. The number of allylic oxidation sites excluding steroid dienone is 2. The van der Waals surface area contributed by atoms with Crippen LogP contribution in [0.3, 0.4) is 0 Å². The third-order valence-corrected chi connectivity index (χ3v) is 6.88. The molecule has 2 aromatic carbocycles. The first-order valence-electron chi connectivity index (χ1n) is 12.4. The standard InChI is InChI=1S/C28H34FN3O4/c1-4-36-24-11-5-21(6-12-24)27(26-25(33)19-20(2)32(28(26)34)17-18-35-3)31-15-13-30(14-16-31)23-9-7-22(29)8-10-23/h5-12,19,26-27H,4,13-18H2,1-3H3. The van der Waals surface area contributed by atoms with E-state index in [0.717, 1.165) is 17.0 Å². The fourth-order valence-electron chi connectivity index (χ4n) is 5.05. The summed E-state index contributed by atoms with van der Waals surface area (Å²) in [4.78, 5) is 33.1. The van der Waals surface area contributed by atoms with Crippen molar-refractivity contribution in [2.75, 3.05) is 57.9 Å². The fourth-order valence-corrected chi connectivity index (χ4v) is 5.05. The molecule has 2 aliphatic rings. The quantitative estimate of drug-likeness (QED) is 0.495. The first-order valence-corrected chi connectivity index (χ1v) is 12.4. The Morgan fingerprint density at radius 3 is 2.28 bits per heavy atom. The van der Waals surface area contributed by atoms with E-state index in [0.29, 0.717) is 51.6 Å². The number of carbonyl (C=O) groups is 2. The lowest BCUT2D eigenvalue weighted by molar-refractivity contribution is -0.143. The Kier molecular flexibility index (Phi) is 8.38. The topological polar surface area (TPSA) is 62.3 Å². The molecule has 0 aliphatic carbocycles. The van der Waals surface area contributed by atoms with Crippen LogP contribution in [-0.4, -0.2) is 74.5 Å². The van der Waals surface area contributed by atoms with E-state index in [1.807, 2.05) is 31.2 Å². The van der Waals surface area contributed by atoms with Crippen LogP contribution in [-0.2, 0) is 14.3 Å². The van der Waals surface area contributed by atoms with Gasteiger partial charge in [-0.15, -0.1) is 0 Å². The highest BCUT2D eigenvalue weighted by molar-refractivity contribution is 6.10. The highest BCUT2D eigenvalue weighted by atomic mass is 19.1. The minimum atomic E-state index is -0.846. The van der Waals surface area contributed by atoms with E-state index in [-0.39, 0.29) is 17.5 Å². The molecule has 2 unspecified atom stereocenters. The number of halogens is 1. The van der Waals surface area contributed by atoms with Crippen LogP contribution in [0.5, 0.6) is 5.75 Å². The van der Waals surface area contributed by atoms with Gasteiger partial charge in [0.1, 0.15) is 17.5 Å². The fraction of sp³-hybridized carbons (Fsp3) is 0.429. The van der Waals surface area contributed by atoms with Gasteiger partial charge in [0.25, 0.3) is 0 Å². The first-order chi connectivity index (χ1) is 17.4. The van der Waals surface area contributed by atoms with Crippen LogP contribution in [0.15, 0.2) is 60.3 Å². The van der Waals surface area contributed by atoms with Gasteiger partial charge in [0.05, 0.1) is 19.3 Å². The largest absolute Gasteiger partial charge is 0.494 e. The first kappa shape index (κ1) is 25.9. The van der Waals surface area contributed by atoms with Gasteiger partial charge in [0, 0.05) is 57.3 Å². The number of hydrogen-bond donors (Lipinski definition) is 0. The van der Waals surface area contributed by atoms with Crippen molar-refractivity contribution in [3.05, 3.63) is 71.7 Å². The SMILES string of the molecule is CCOc1ccc(C(C2C(=O)C=C(C)N(CCOC)C2=O)N2CCN(c3ccc(F)cc3)CC2)cc1. The summed E-state index contributed by atoms with van der Waals surface area (Å²) >= 11 is 0. The summed E-state index contributed by atoms with van der Waals surface area (Å²) in [5, 5.41) is 0. The molecule has 1 fully saturated rings. The molecule has 0 aromatic heterocycles. The van der Waals surface area contributed by atoms with Gasteiger partial charge in [0.15, 0.2) is 5.78 Å². The summed E-state index contributed by atoms with van der Waals surface area (Å²) < 4.78 is 24.2. The molecule has 1 saturated heterocycles. The zero-order chi connectivity index (χ0) is 25.7. The molecule has 0 radical (unpaired) electrons. The number of anilines is 1. The normalized spacial score (nSPS) is 19.9. The van der Waals surface area contributed by atoms with E-state index < -0.39 is 12.0 Å². The molecule has 192 valence electrons. The number of amides is 1. The van der Waals surface area contributed by atoms with Crippen molar-refractivity contribution >= 4 is 17.4 Å². The van der Waals surface area contributed by atoms with Gasteiger partial charge < -0.3 is 19.3 Å². The summed E-state index contributed by atoms with van der Waals surface area (Å²) in [7, 11) is 1.60. The molecule has 0 bridgehead atoms. The number of hydrogen-bond acceptors (Lipinski definition) is 6. The lowest BCUT2D eigenvalue weighted by Gasteiger charge is -2.44. The molecule has 0 saturated carbocycles. The van der Waals surface area contributed by atoms with Crippen molar-refractivity contribution in [2.45, 2.75) is 19.9 Å². The maximum atomic E-state index is 13.7. The van der Waals surface area contributed by atoms with Crippen LogP contribution in [0.1, 0.15) is 25.5 Å². The number of benzene rings is 2. The second-order valence-corrected chi connectivity index (χ2v) is 9.09. The summed E-state index contributed by atoms with van der Waals surface area (Å²) in [6, 6.07) is 13.8. The van der Waals surface area contributed by atoms with Gasteiger partial charge in [-0.25, -0.2) is 4.39 Å². The molecular formula is C28H34FN3O4. The third-order valence-electron chi connectivity index (χ3n) is 6.88. The minimum Gasteiger partial charge on any atom is -0.494 e. The Labute approximate surface area is 212 Å². The van der Waals surface area contributed by atoms with Gasteiger partial charge >= 0.3 is 0 Å². The number of piperazine rings is 1. The molecule has 0 N–H and O–H groups in total. The van der Waals surface area contributed by atoms with Crippen LogP contribution >= 0.6 is 0 Å². The third kappa shape index (κ3) is 5.60. The minimum absolute atomic E-state index is 0.175. The van der Waals surface area contributed by atoms with Crippen LogP contribution in [0.25, 0.3) is 0 Å². The molecule has 2 atom stereocenters. The Hall–Kier alpha value is -3.23. The smallest absolute Gasteiger partial charge is 0.239 e. The van der Waals surface area contributed by atoms with E-state index in [1.165, 1.54) is 12.1 Å². The van der Waals surface area contributed by atoms with Crippen molar-refractivity contribution in [3.63, 3.8) is 0 Å². The van der Waals surface area contributed by atoms with E-state index in [9.17, 15) is 14.0 Å². The highest BCUT2D eigenvalue weighted by Crippen LogP contribution is 2.36. The summed E-state index contributed by atoms with van der Waals surface area (Å²) in [6.45, 7) is 7.80. The molecule has 2 aromatic rings. The van der Waals surface area contributed by atoms with Gasteiger partial charge in [-0.1, -0.05) is 12.1 Å². The molecule has 4 rings (SSSR count). The number of methoxy groups -OCH3 is 1. The maximum Gasteiger partial charge on any atom is 0.239 e. The van der Waals surface area contributed by atoms with Crippen molar-refractivity contribution in [3.8, 4) is 5.75 Å². The molecule has 36 heavy (non-hydrogen) atoms. The molecule has 0 spiro atoms.